The van der Waals surface area contributed by atoms with Crippen molar-refractivity contribution in [2.75, 3.05) is 5.32 Å². The zero-order valence-electron chi connectivity index (χ0n) is 15.2. The van der Waals surface area contributed by atoms with Crippen LogP contribution in [0.1, 0.15) is 32.3 Å². The summed E-state index contributed by atoms with van der Waals surface area (Å²) in [4.78, 5) is 29.1. The average Bonchev–Trinajstić information content (AvgIpc) is 3.49. The van der Waals surface area contributed by atoms with Gasteiger partial charge >= 0.3 is 5.97 Å². The number of para-hydroxylation sites is 1. The minimum absolute atomic E-state index is 0.139. The fourth-order valence-electron chi connectivity index (χ4n) is 2.61. The van der Waals surface area contributed by atoms with Gasteiger partial charge < -0.3 is 19.0 Å². The maximum absolute atomic E-state index is 12.6. The van der Waals surface area contributed by atoms with Gasteiger partial charge in [0.15, 0.2) is 12.4 Å². The maximum Gasteiger partial charge on any atom is 0.340 e. The van der Waals surface area contributed by atoms with Crippen LogP contribution in [0, 0.1) is 6.92 Å². The lowest BCUT2D eigenvalue weighted by Crippen LogP contribution is -2.16. The molecule has 4 aromatic rings. The van der Waals surface area contributed by atoms with Gasteiger partial charge in [0.25, 0.3) is 11.8 Å². The fourth-order valence-corrected chi connectivity index (χ4v) is 3.24. The number of thiophene rings is 1. The quantitative estimate of drug-likeness (QED) is 0.473. The molecule has 0 bridgehead atoms. The van der Waals surface area contributed by atoms with E-state index in [1.807, 2.05) is 16.8 Å². The van der Waals surface area contributed by atoms with Gasteiger partial charge in [-0.05, 0) is 42.1 Å². The van der Waals surface area contributed by atoms with Crippen LogP contribution in [0.25, 0.3) is 11.5 Å². The number of aryl methyl sites for hydroxylation is 1. The van der Waals surface area contributed by atoms with Crippen molar-refractivity contribution < 1.29 is 23.3 Å². The molecule has 1 aromatic carbocycles. The zero-order chi connectivity index (χ0) is 20.2. The monoisotopic (exact) mass is 409 g/mol. The third-order valence-corrected chi connectivity index (χ3v) is 4.73. The molecule has 0 saturated carbocycles. The fraction of sp³-hybridized carbons (Fsp3) is 0.100. The van der Waals surface area contributed by atoms with Gasteiger partial charge in [0.1, 0.15) is 0 Å². The number of hydrogen-bond acceptors (Lipinski definition) is 8. The van der Waals surface area contributed by atoms with E-state index in [2.05, 4.69) is 15.5 Å². The van der Waals surface area contributed by atoms with Crippen molar-refractivity contribution in [3.63, 3.8) is 0 Å². The second kappa shape index (κ2) is 8.11. The number of nitrogens with one attached hydrogen (secondary N) is 1. The van der Waals surface area contributed by atoms with Crippen molar-refractivity contribution in [3.8, 4) is 11.5 Å². The van der Waals surface area contributed by atoms with Crippen LogP contribution < -0.4 is 5.32 Å². The summed E-state index contributed by atoms with van der Waals surface area (Å²) in [6, 6.07) is 10.1. The molecule has 9 heteroatoms. The van der Waals surface area contributed by atoms with Crippen LogP contribution in [0.15, 0.2) is 62.4 Å². The molecule has 0 spiro atoms. The Morgan fingerprint density at radius 2 is 2.10 bits per heavy atom. The largest absolute Gasteiger partial charge is 0.459 e. The standard InChI is InChI=1S/C20H15N3O5S/c1-12-4-2-5-14(17(12)22-18(24)15-6-3-8-26-15)20(25)27-10-16-21-19(28-23-16)13-7-9-29-11-13/h2-9,11H,10H2,1H3,(H,22,24). The molecule has 0 aliphatic heterocycles. The van der Waals surface area contributed by atoms with Crippen molar-refractivity contribution in [3.05, 3.63) is 76.1 Å². The first-order valence-electron chi connectivity index (χ1n) is 8.58. The van der Waals surface area contributed by atoms with Crippen molar-refractivity contribution in [2.45, 2.75) is 13.5 Å². The third kappa shape index (κ3) is 4.09. The van der Waals surface area contributed by atoms with Crippen LogP contribution in [0.5, 0.6) is 0 Å². The molecule has 1 N–H and O–H groups in total. The molecular formula is C20H15N3O5S. The molecule has 3 aromatic heterocycles. The number of nitrogens with zero attached hydrogens (tertiary/aromatic N) is 2. The molecule has 0 aliphatic rings. The summed E-state index contributed by atoms with van der Waals surface area (Å²) in [5.74, 6) is -0.338. The Bertz CT molecular complexity index is 1130. The van der Waals surface area contributed by atoms with Gasteiger partial charge in [-0.25, -0.2) is 4.79 Å². The molecule has 0 aliphatic carbocycles. The van der Waals surface area contributed by atoms with Gasteiger partial charge in [-0.3, -0.25) is 4.79 Å². The smallest absolute Gasteiger partial charge is 0.340 e. The number of rotatable bonds is 6. The molecule has 8 nitrogen and oxygen atoms in total. The summed E-state index contributed by atoms with van der Waals surface area (Å²) in [6.07, 6.45) is 1.40. The number of furan rings is 1. The number of amides is 1. The van der Waals surface area contributed by atoms with Crippen molar-refractivity contribution in [1.29, 1.82) is 0 Å². The Morgan fingerprint density at radius 1 is 1.21 bits per heavy atom. The first-order valence-corrected chi connectivity index (χ1v) is 9.53. The molecule has 1 amide bonds. The Balaban J connectivity index is 1.47. The van der Waals surface area contributed by atoms with Crippen LogP contribution in [0.3, 0.4) is 0 Å². The van der Waals surface area contributed by atoms with Gasteiger partial charge in [-0.15, -0.1) is 0 Å². The van der Waals surface area contributed by atoms with E-state index in [-0.39, 0.29) is 23.8 Å². The predicted octanol–water partition coefficient (Wildman–Crippen LogP) is 4.31. The number of carbonyl (C=O) groups is 2. The third-order valence-electron chi connectivity index (χ3n) is 4.04. The Kier molecular flexibility index (Phi) is 5.21. The zero-order valence-corrected chi connectivity index (χ0v) is 16.1. The number of benzene rings is 1. The van der Waals surface area contributed by atoms with Gasteiger partial charge in [-0.2, -0.15) is 16.3 Å². The molecule has 146 valence electrons. The summed E-state index contributed by atoms with van der Waals surface area (Å²) in [5, 5.41) is 10.3. The highest BCUT2D eigenvalue weighted by molar-refractivity contribution is 7.08. The summed E-state index contributed by atoms with van der Waals surface area (Å²) in [5.41, 5.74) is 2.08. The SMILES string of the molecule is Cc1cccc(C(=O)OCc2noc(-c3ccsc3)n2)c1NC(=O)c1ccco1. The van der Waals surface area contributed by atoms with Crippen molar-refractivity contribution in [2.24, 2.45) is 0 Å². The Labute approximate surface area is 169 Å². The van der Waals surface area contributed by atoms with Gasteiger partial charge in [0.05, 0.1) is 23.1 Å². The van der Waals surface area contributed by atoms with Crippen LogP contribution in [0.4, 0.5) is 5.69 Å². The van der Waals surface area contributed by atoms with E-state index in [4.69, 9.17) is 13.7 Å². The van der Waals surface area contributed by atoms with Crippen LogP contribution >= 0.6 is 11.3 Å². The molecule has 4 rings (SSSR count). The molecule has 0 fully saturated rings. The van der Waals surface area contributed by atoms with E-state index >= 15 is 0 Å². The van der Waals surface area contributed by atoms with Crippen molar-refractivity contribution in [1.82, 2.24) is 10.1 Å². The Morgan fingerprint density at radius 3 is 2.86 bits per heavy atom. The van der Waals surface area contributed by atoms with Crippen molar-refractivity contribution >= 4 is 28.9 Å². The van der Waals surface area contributed by atoms with Gasteiger partial charge in [0, 0.05) is 5.38 Å². The number of carbonyl (C=O) groups excluding carboxylic acids is 2. The number of hydrogen-bond donors (Lipinski definition) is 1. The van der Waals surface area contributed by atoms with Crippen LogP contribution in [-0.2, 0) is 11.3 Å². The van der Waals surface area contributed by atoms with Gasteiger partial charge in [-0.1, -0.05) is 17.3 Å². The van der Waals surface area contributed by atoms with Crippen LogP contribution in [0.2, 0.25) is 0 Å². The topological polar surface area (TPSA) is 107 Å². The lowest BCUT2D eigenvalue weighted by molar-refractivity contribution is 0.0461. The summed E-state index contributed by atoms with van der Waals surface area (Å²) in [6.45, 7) is 1.62. The van der Waals surface area contributed by atoms with E-state index in [1.165, 1.54) is 23.7 Å². The highest BCUT2D eigenvalue weighted by Crippen LogP contribution is 2.23. The minimum atomic E-state index is -0.620. The summed E-state index contributed by atoms with van der Waals surface area (Å²) < 4.78 is 15.6. The normalized spacial score (nSPS) is 10.7. The second-order valence-corrected chi connectivity index (χ2v) is 6.81. The lowest BCUT2D eigenvalue weighted by Gasteiger charge is -2.12. The second-order valence-electron chi connectivity index (χ2n) is 6.03. The van der Waals surface area contributed by atoms with Crippen LogP contribution in [-0.4, -0.2) is 22.0 Å². The maximum atomic E-state index is 12.6. The molecule has 0 radical (unpaired) electrons. The highest BCUT2D eigenvalue weighted by atomic mass is 32.1. The molecule has 0 saturated heterocycles. The van der Waals surface area contributed by atoms with Gasteiger partial charge in [0.2, 0.25) is 5.82 Å². The first-order chi connectivity index (χ1) is 14.1. The number of anilines is 1. The molecule has 29 heavy (non-hydrogen) atoms. The summed E-state index contributed by atoms with van der Waals surface area (Å²) in [7, 11) is 0. The molecule has 3 heterocycles. The predicted molar refractivity (Wildman–Crippen MR) is 105 cm³/mol. The minimum Gasteiger partial charge on any atom is -0.459 e. The average molecular weight is 409 g/mol. The van der Waals surface area contributed by atoms with E-state index in [1.54, 1.807) is 31.2 Å². The lowest BCUT2D eigenvalue weighted by atomic mass is 10.1. The Hall–Kier alpha value is -3.72. The highest BCUT2D eigenvalue weighted by Gasteiger charge is 2.19. The van der Waals surface area contributed by atoms with E-state index < -0.39 is 11.9 Å². The van der Waals surface area contributed by atoms with E-state index in [0.717, 1.165) is 5.56 Å². The first kappa shape index (κ1) is 18.6. The molecule has 0 unspecified atom stereocenters. The van der Waals surface area contributed by atoms with E-state index in [9.17, 15) is 9.59 Å². The van der Waals surface area contributed by atoms with E-state index in [0.29, 0.717) is 17.1 Å². The number of aromatic nitrogens is 2. The number of ether oxygens (including phenoxy) is 1. The number of esters is 1. The summed E-state index contributed by atoms with van der Waals surface area (Å²) >= 11 is 1.51. The molecule has 0 atom stereocenters. The molecular weight excluding hydrogens is 394 g/mol.